The molecule has 2 unspecified atom stereocenters. The largest absolute Gasteiger partial charge is 0.468 e. The van der Waals surface area contributed by atoms with Gasteiger partial charge >= 0.3 is 5.97 Å². The average Bonchev–Trinajstić information content (AvgIpc) is 2.46. The van der Waals surface area contributed by atoms with Gasteiger partial charge in [-0.05, 0) is 17.5 Å². The first-order valence-electron chi connectivity index (χ1n) is 6.34. The number of halogens is 1. The topological polar surface area (TPSA) is 47.6 Å². The lowest BCUT2D eigenvalue weighted by molar-refractivity contribution is -0.139. The third-order valence-corrected chi connectivity index (χ3v) is 4.15. The number of benzene rings is 1. The number of rotatable bonds is 5. The Morgan fingerprint density at radius 2 is 2.37 bits per heavy atom. The summed E-state index contributed by atoms with van der Waals surface area (Å²) in [7, 11) is 1.41. The number of carbonyl (C=O) groups is 1. The Hall–Kier alpha value is -0.660. The Morgan fingerprint density at radius 3 is 3.16 bits per heavy atom. The number of esters is 1. The molecule has 1 heterocycles. The van der Waals surface area contributed by atoms with E-state index in [9.17, 15) is 4.79 Å². The fourth-order valence-electron chi connectivity index (χ4n) is 2.20. The number of hydrogen-bond donors (Lipinski definition) is 1. The van der Waals surface area contributed by atoms with E-state index in [1.165, 1.54) is 18.2 Å². The first-order chi connectivity index (χ1) is 9.22. The van der Waals surface area contributed by atoms with Crippen LogP contribution >= 0.6 is 22.6 Å². The molecule has 1 aliphatic rings. The summed E-state index contributed by atoms with van der Waals surface area (Å²) in [6.45, 7) is 2.07. The van der Waals surface area contributed by atoms with Crippen LogP contribution in [0.25, 0.3) is 0 Å². The van der Waals surface area contributed by atoms with Crippen molar-refractivity contribution in [2.45, 2.75) is 16.4 Å². The van der Waals surface area contributed by atoms with E-state index in [0.717, 1.165) is 13.0 Å². The summed E-state index contributed by atoms with van der Waals surface area (Å²) >= 11 is 2.08. The summed E-state index contributed by atoms with van der Waals surface area (Å²) in [5, 5.41) is 3.28. The zero-order valence-corrected chi connectivity index (χ0v) is 13.1. The Bertz CT molecular complexity index is 438. The van der Waals surface area contributed by atoms with Gasteiger partial charge in [-0.3, -0.25) is 4.79 Å². The highest BCUT2D eigenvalue weighted by Crippen LogP contribution is 2.26. The zero-order valence-electron chi connectivity index (χ0n) is 10.9. The van der Waals surface area contributed by atoms with Crippen molar-refractivity contribution in [1.82, 2.24) is 5.32 Å². The van der Waals surface area contributed by atoms with Crippen molar-refractivity contribution in [3.63, 3.8) is 0 Å². The Kier molecular flexibility index (Phi) is 5.59. The lowest BCUT2D eigenvalue weighted by Gasteiger charge is -2.26. The van der Waals surface area contributed by atoms with Crippen molar-refractivity contribution in [2.75, 3.05) is 26.8 Å². The summed E-state index contributed by atoms with van der Waals surface area (Å²) in [4.78, 5) is 11.3. The predicted octanol–water partition coefficient (Wildman–Crippen LogP) is 1.87. The molecule has 0 radical (unpaired) electrons. The van der Waals surface area contributed by atoms with E-state index in [2.05, 4.69) is 46.1 Å². The third kappa shape index (κ3) is 3.90. The molecule has 1 N–H and O–H groups in total. The maximum atomic E-state index is 11.3. The van der Waals surface area contributed by atoms with Crippen LogP contribution in [-0.2, 0) is 20.7 Å². The molecule has 0 aromatic heterocycles. The minimum atomic E-state index is -0.196. The van der Waals surface area contributed by atoms with Gasteiger partial charge < -0.3 is 14.8 Å². The number of methoxy groups -OCH3 is 1. The fraction of sp³-hybridized carbons (Fsp3) is 0.500. The molecular formula is C14H18INO3. The summed E-state index contributed by atoms with van der Waals surface area (Å²) in [6.07, 6.45) is 1.05. The number of ether oxygens (including phenoxy) is 2. The van der Waals surface area contributed by atoms with Crippen molar-refractivity contribution < 1.29 is 14.3 Å². The maximum Gasteiger partial charge on any atom is 0.319 e. The van der Waals surface area contributed by atoms with Crippen molar-refractivity contribution in [1.29, 1.82) is 0 Å². The Balaban J connectivity index is 1.86. The smallest absolute Gasteiger partial charge is 0.319 e. The molecular weight excluding hydrogens is 357 g/mol. The summed E-state index contributed by atoms with van der Waals surface area (Å²) in [6, 6.07) is 8.37. The van der Waals surface area contributed by atoms with Gasteiger partial charge in [0.2, 0.25) is 0 Å². The molecule has 0 aliphatic carbocycles. The molecule has 0 bridgehead atoms. The lowest BCUT2D eigenvalue weighted by Crippen LogP contribution is -2.34. The molecule has 1 aromatic rings. The van der Waals surface area contributed by atoms with Crippen LogP contribution in [0.1, 0.15) is 17.2 Å². The molecule has 0 spiro atoms. The van der Waals surface area contributed by atoms with Gasteiger partial charge in [0, 0.05) is 13.1 Å². The van der Waals surface area contributed by atoms with Gasteiger partial charge in [-0.25, -0.2) is 0 Å². The predicted molar refractivity (Wildman–Crippen MR) is 81.5 cm³/mol. The van der Waals surface area contributed by atoms with Crippen molar-refractivity contribution in [3.8, 4) is 0 Å². The van der Waals surface area contributed by atoms with Gasteiger partial charge in [-0.2, -0.15) is 0 Å². The molecule has 4 nitrogen and oxygen atoms in total. The fourth-order valence-corrected chi connectivity index (χ4v) is 2.76. The van der Waals surface area contributed by atoms with Crippen LogP contribution in [0.2, 0.25) is 0 Å². The van der Waals surface area contributed by atoms with Crippen molar-refractivity contribution in [3.05, 3.63) is 35.4 Å². The summed E-state index contributed by atoms with van der Waals surface area (Å²) in [5.41, 5.74) is 2.61. The second-order valence-corrected chi connectivity index (χ2v) is 5.96. The van der Waals surface area contributed by atoms with E-state index in [1.54, 1.807) is 0 Å². The number of nitrogens with one attached hydrogen (secondary N) is 1. The van der Waals surface area contributed by atoms with Crippen LogP contribution in [-0.4, -0.2) is 36.7 Å². The first kappa shape index (κ1) is 14.7. The second kappa shape index (κ2) is 7.21. The van der Waals surface area contributed by atoms with Crippen molar-refractivity contribution in [2.24, 2.45) is 0 Å². The van der Waals surface area contributed by atoms with Gasteiger partial charge in [0.1, 0.15) is 3.92 Å². The Morgan fingerprint density at radius 1 is 1.58 bits per heavy atom. The zero-order chi connectivity index (χ0) is 13.7. The number of carbonyl (C=O) groups excluding carboxylic acids is 1. The highest BCUT2D eigenvalue weighted by atomic mass is 127. The molecule has 0 saturated carbocycles. The first-order valence-corrected chi connectivity index (χ1v) is 7.59. The molecule has 5 heteroatoms. The summed E-state index contributed by atoms with van der Waals surface area (Å²) < 4.78 is 10.3. The average molecular weight is 375 g/mol. The monoisotopic (exact) mass is 375 g/mol. The highest BCUT2D eigenvalue weighted by Gasteiger charge is 2.21. The van der Waals surface area contributed by atoms with Gasteiger partial charge in [0.25, 0.3) is 0 Å². The number of fused-ring (bicyclic) bond motifs is 1. The molecule has 19 heavy (non-hydrogen) atoms. The summed E-state index contributed by atoms with van der Waals surface area (Å²) in [5.74, 6) is -0.196. The van der Waals surface area contributed by atoms with Crippen LogP contribution < -0.4 is 5.32 Å². The molecule has 2 rings (SSSR count). The van der Waals surface area contributed by atoms with Crippen LogP contribution in [0.5, 0.6) is 0 Å². The maximum absolute atomic E-state index is 11.3. The lowest BCUT2D eigenvalue weighted by atomic mass is 9.97. The van der Waals surface area contributed by atoms with Gasteiger partial charge in [0.15, 0.2) is 0 Å². The molecule has 1 aromatic carbocycles. The van der Waals surface area contributed by atoms with E-state index in [0.29, 0.717) is 13.1 Å². The van der Waals surface area contributed by atoms with Gasteiger partial charge in [0.05, 0.1) is 19.8 Å². The van der Waals surface area contributed by atoms with Gasteiger partial charge in [-0.1, -0.05) is 46.9 Å². The van der Waals surface area contributed by atoms with Crippen LogP contribution in [0, 0.1) is 0 Å². The van der Waals surface area contributed by atoms with E-state index < -0.39 is 0 Å². The van der Waals surface area contributed by atoms with Crippen LogP contribution in [0.4, 0.5) is 0 Å². The normalized spacial score (nSPS) is 19.6. The van der Waals surface area contributed by atoms with E-state index in [1.807, 2.05) is 6.07 Å². The molecule has 1 aliphatic heterocycles. The van der Waals surface area contributed by atoms with Crippen LogP contribution in [0.15, 0.2) is 24.3 Å². The number of alkyl halides is 1. The minimum absolute atomic E-state index is 0.0752. The third-order valence-electron chi connectivity index (χ3n) is 3.20. The standard InChI is InChI=1S/C14H18INO3/c1-18-14(17)12(15)8-16-9-13-11-5-3-2-4-10(11)6-7-19-13/h2-5,12-13,16H,6-9H2,1H3. The van der Waals surface area contributed by atoms with Crippen LogP contribution in [0.3, 0.4) is 0 Å². The van der Waals surface area contributed by atoms with Gasteiger partial charge in [-0.15, -0.1) is 0 Å². The quantitative estimate of drug-likeness (QED) is 0.485. The molecule has 0 saturated heterocycles. The molecule has 104 valence electrons. The van der Waals surface area contributed by atoms with E-state index in [4.69, 9.17) is 9.47 Å². The highest BCUT2D eigenvalue weighted by molar-refractivity contribution is 14.1. The van der Waals surface area contributed by atoms with Crippen molar-refractivity contribution >= 4 is 28.6 Å². The number of hydrogen-bond acceptors (Lipinski definition) is 4. The van der Waals surface area contributed by atoms with E-state index in [-0.39, 0.29) is 16.0 Å². The second-order valence-electron chi connectivity index (χ2n) is 4.46. The minimum Gasteiger partial charge on any atom is -0.468 e. The molecule has 0 amide bonds. The molecule has 0 fully saturated rings. The SMILES string of the molecule is COC(=O)C(I)CNCC1OCCc2ccccc21. The Labute approximate surface area is 127 Å². The van der Waals surface area contributed by atoms with E-state index >= 15 is 0 Å². The molecule has 2 atom stereocenters.